The Morgan fingerprint density at radius 3 is 2.30 bits per heavy atom. The van der Waals surface area contributed by atoms with Crippen LogP contribution in [0.1, 0.15) is 44.5 Å². The van der Waals surface area contributed by atoms with Gasteiger partial charge in [-0.1, -0.05) is 11.6 Å². The van der Waals surface area contributed by atoms with Crippen LogP contribution in [0, 0.1) is 0 Å². The van der Waals surface area contributed by atoms with Crippen LogP contribution < -0.4 is 0 Å². The predicted molar refractivity (Wildman–Crippen MR) is 89.8 cm³/mol. The minimum absolute atomic E-state index is 0.0907. The van der Waals surface area contributed by atoms with Gasteiger partial charge >= 0.3 is 12.1 Å². The lowest BCUT2D eigenvalue weighted by Gasteiger charge is -2.28. The zero-order chi connectivity index (χ0) is 17.4. The van der Waals surface area contributed by atoms with Crippen LogP contribution in [-0.4, -0.2) is 42.3 Å². The smallest absolute Gasteiger partial charge is 0.409 e. The molecule has 0 bridgehead atoms. The molecule has 5 nitrogen and oxygen atoms in total. The van der Waals surface area contributed by atoms with Crippen molar-refractivity contribution in [1.82, 2.24) is 4.90 Å². The first kappa shape index (κ1) is 19.3. The van der Waals surface area contributed by atoms with Crippen molar-refractivity contribution in [3.63, 3.8) is 0 Å². The van der Waals surface area contributed by atoms with Crippen molar-refractivity contribution in [3.8, 4) is 0 Å². The fourth-order valence-corrected chi connectivity index (χ4v) is 2.45. The molecule has 0 saturated heterocycles. The molecular formula is C17H24ClNO4. The van der Waals surface area contributed by atoms with E-state index < -0.39 is 5.97 Å². The van der Waals surface area contributed by atoms with Crippen LogP contribution >= 0.6 is 11.6 Å². The highest BCUT2D eigenvalue weighted by atomic mass is 35.5. The Bertz CT molecular complexity index is 518. The maximum atomic E-state index is 12.1. The van der Waals surface area contributed by atoms with Gasteiger partial charge < -0.3 is 14.4 Å². The third kappa shape index (κ3) is 6.10. The van der Waals surface area contributed by atoms with Crippen molar-refractivity contribution in [1.29, 1.82) is 0 Å². The van der Waals surface area contributed by atoms with Crippen molar-refractivity contribution in [2.45, 2.75) is 46.3 Å². The average molecular weight is 342 g/mol. The van der Waals surface area contributed by atoms with E-state index in [1.807, 2.05) is 20.8 Å². The first-order chi connectivity index (χ1) is 10.9. The molecule has 0 fully saturated rings. The molecule has 0 saturated carbocycles. The highest BCUT2D eigenvalue weighted by molar-refractivity contribution is 6.30. The van der Waals surface area contributed by atoms with Gasteiger partial charge in [-0.3, -0.25) is 0 Å². The molecule has 0 aromatic heterocycles. The van der Waals surface area contributed by atoms with Gasteiger partial charge in [0.25, 0.3) is 0 Å². The molecule has 0 aliphatic rings. The van der Waals surface area contributed by atoms with E-state index in [4.69, 9.17) is 21.1 Å². The number of ether oxygens (including phenoxy) is 2. The van der Waals surface area contributed by atoms with Gasteiger partial charge in [-0.15, -0.1) is 0 Å². The van der Waals surface area contributed by atoms with E-state index in [1.165, 1.54) is 0 Å². The molecule has 0 aliphatic heterocycles. The molecule has 1 aromatic carbocycles. The third-order valence-electron chi connectivity index (χ3n) is 3.44. The van der Waals surface area contributed by atoms with Gasteiger partial charge in [-0.25, -0.2) is 9.59 Å². The molecule has 1 rings (SSSR count). The summed E-state index contributed by atoms with van der Waals surface area (Å²) >= 11 is 5.80. The van der Waals surface area contributed by atoms with E-state index in [1.54, 1.807) is 36.1 Å². The summed E-state index contributed by atoms with van der Waals surface area (Å²) in [5.41, 5.74) is 0.451. The summed E-state index contributed by atoms with van der Waals surface area (Å²) in [6.07, 6.45) is -0.137. The molecular weight excluding hydrogens is 318 g/mol. The van der Waals surface area contributed by atoms with Crippen LogP contribution in [0.15, 0.2) is 24.3 Å². The van der Waals surface area contributed by atoms with E-state index >= 15 is 0 Å². The second kappa shape index (κ2) is 9.40. The molecule has 0 aliphatic carbocycles. The van der Waals surface area contributed by atoms with Crippen LogP contribution in [0.3, 0.4) is 0 Å². The van der Waals surface area contributed by atoms with Crippen molar-refractivity contribution < 1.29 is 19.1 Å². The second-order valence-electron chi connectivity index (χ2n) is 5.29. The Balaban J connectivity index is 2.57. The number of benzene rings is 1. The van der Waals surface area contributed by atoms with E-state index in [0.29, 0.717) is 30.2 Å². The highest BCUT2D eigenvalue weighted by Gasteiger charge is 2.23. The Morgan fingerprint density at radius 1 is 1.17 bits per heavy atom. The first-order valence-electron chi connectivity index (χ1n) is 7.78. The van der Waals surface area contributed by atoms with Crippen LogP contribution in [0.2, 0.25) is 5.02 Å². The molecule has 1 amide bonds. The van der Waals surface area contributed by atoms with E-state index in [0.717, 1.165) is 0 Å². The lowest BCUT2D eigenvalue weighted by Crippen LogP contribution is -2.40. The van der Waals surface area contributed by atoms with Gasteiger partial charge in [0.2, 0.25) is 0 Å². The number of amides is 1. The molecule has 2 unspecified atom stereocenters. The number of hydrogen-bond donors (Lipinski definition) is 0. The number of rotatable bonds is 7. The van der Waals surface area contributed by atoms with Crippen LogP contribution in [0.4, 0.5) is 4.79 Å². The largest absolute Gasteiger partial charge is 0.459 e. The zero-order valence-corrected chi connectivity index (χ0v) is 14.8. The monoisotopic (exact) mass is 341 g/mol. The standard InChI is InChI=1S/C17H24ClNO4/c1-5-19(17(21)22-6-2)12(3)11-13(4)23-16(20)14-7-9-15(18)10-8-14/h7-10,12-13H,5-6,11H2,1-4H3. The molecule has 0 radical (unpaired) electrons. The molecule has 128 valence electrons. The van der Waals surface area contributed by atoms with Gasteiger partial charge in [0.1, 0.15) is 6.10 Å². The molecule has 0 N–H and O–H groups in total. The number of esters is 1. The maximum Gasteiger partial charge on any atom is 0.409 e. The Labute approximate surface area is 142 Å². The van der Waals surface area contributed by atoms with Crippen molar-refractivity contribution in [2.75, 3.05) is 13.2 Å². The fourth-order valence-electron chi connectivity index (χ4n) is 2.32. The summed E-state index contributed by atoms with van der Waals surface area (Å²) in [6.45, 7) is 8.25. The molecule has 2 atom stereocenters. The fraction of sp³-hybridized carbons (Fsp3) is 0.529. The normalized spacial score (nSPS) is 13.1. The summed E-state index contributed by atoms with van der Waals surface area (Å²) < 4.78 is 10.4. The van der Waals surface area contributed by atoms with E-state index in [-0.39, 0.29) is 18.2 Å². The highest BCUT2D eigenvalue weighted by Crippen LogP contribution is 2.14. The summed E-state index contributed by atoms with van der Waals surface area (Å²) in [5.74, 6) is -0.402. The Kier molecular flexibility index (Phi) is 7.89. The minimum atomic E-state index is -0.402. The molecule has 6 heteroatoms. The van der Waals surface area contributed by atoms with Crippen LogP contribution in [0.25, 0.3) is 0 Å². The molecule has 23 heavy (non-hydrogen) atoms. The van der Waals surface area contributed by atoms with Gasteiger partial charge in [-0.05, 0) is 52.0 Å². The number of hydrogen-bond acceptors (Lipinski definition) is 4. The summed E-state index contributed by atoms with van der Waals surface area (Å²) in [7, 11) is 0. The lowest BCUT2D eigenvalue weighted by atomic mass is 10.1. The summed E-state index contributed by atoms with van der Waals surface area (Å²) in [6, 6.07) is 6.44. The zero-order valence-electron chi connectivity index (χ0n) is 14.0. The molecule has 1 aromatic rings. The van der Waals surface area contributed by atoms with Gasteiger partial charge in [0.05, 0.1) is 12.2 Å². The van der Waals surface area contributed by atoms with E-state index in [2.05, 4.69) is 0 Å². The Hall–Kier alpha value is -1.75. The lowest BCUT2D eigenvalue weighted by molar-refractivity contribution is 0.0253. The van der Waals surface area contributed by atoms with Crippen molar-refractivity contribution >= 4 is 23.7 Å². The van der Waals surface area contributed by atoms with Crippen LogP contribution in [0.5, 0.6) is 0 Å². The van der Waals surface area contributed by atoms with Gasteiger partial charge in [0, 0.05) is 24.0 Å². The first-order valence-corrected chi connectivity index (χ1v) is 8.16. The molecule has 0 spiro atoms. The van der Waals surface area contributed by atoms with E-state index in [9.17, 15) is 9.59 Å². The number of nitrogens with zero attached hydrogens (tertiary/aromatic N) is 1. The van der Waals surface area contributed by atoms with Crippen LogP contribution in [-0.2, 0) is 9.47 Å². The topological polar surface area (TPSA) is 55.8 Å². The average Bonchev–Trinajstić information content (AvgIpc) is 2.48. The third-order valence-corrected chi connectivity index (χ3v) is 3.69. The number of halogens is 1. The molecule has 0 heterocycles. The predicted octanol–water partition coefficient (Wildman–Crippen LogP) is 4.14. The second-order valence-corrected chi connectivity index (χ2v) is 5.73. The van der Waals surface area contributed by atoms with Crippen molar-refractivity contribution in [3.05, 3.63) is 34.9 Å². The van der Waals surface area contributed by atoms with Gasteiger partial charge in [0.15, 0.2) is 0 Å². The summed E-state index contributed by atoms with van der Waals surface area (Å²) in [5, 5.41) is 0.566. The SMILES string of the molecule is CCOC(=O)N(CC)C(C)CC(C)OC(=O)c1ccc(Cl)cc1. The summed E-state index contributed by atoms with van der Waals surface area (Å²) in [4.78, 5) is 25.5. The number of carbonyl (C=O) groups is 2. The quantitative estimate of drug-likeness (QED) is 0.699. The van der Waals surface area contributed by atoms with Crippen molar-refractivity contribution in [2.24, 2.45) is 0 Å². The van der Waals surface area contributed by atoms with Gasteiger partial charge in [-0.2, -0.15) is 0 Å². The number of carbonyl (C=O) groups excluding carboxylic acids is 2. The Morgan fingerprint density at radius 2 is 1.78 bits per heavy atom. The maximum absolute atomic E-state index is 12.1. The minimum Gasteiger partial charge on any atom is -0.459 e.